The molecule has 1 saturated carbocycles. The van der Waals surface area contributed by atoms with Gasteiger partial charge in [0, 0.05) is 33.1 Å². The SMILES string of the molecule is Cc1cccc(CN(C(=O)CN(c2ccccc2)S(=O)(=O)N(C)C)C(Cc2ccccc2)C(=O)NC2CCCCC2)c1. The summed E-state index contributed by atoms with van der Waals surface area (Å²) in [6, 6.07) is 25.3. The van der Waals surface area contributed by atoms with Crippen molar-refractivity contribution in [1.82, 2.24) is 14.5 Å². The van der Waals surface area contributed by atoms with Crippen LogP contribution in [0.5, 0.6) is 0 Å². The number of nitrogens with zero attached hydrogens (tertiary/aromatic N) is 3. The fraction of sp³-hybridized carbons (Fsp3) is 0.394. The largest absolute Gasteiger partial charge is 0.352 e. The summed E-state index contributed by atoms with van der Waals surface area (Å²) in [4.78, 5) is 29.9. The molecule has 3 aromatic carbocycles. The Balaban J connectivity index is 1.74. The van der Waals surface area contributed by atoms with Crippen molar-refractivity contribution < 1.29 is 18.0 Å². The molecule has 1 unspecified atom stereocenters. The van der Waals surface area contributed by atoms with E-state index in [1.54, 1.807) is 35.2 Å². The van der Waals surface area contributed by atoms with E-state index in [0.717, 1.165) is 57.4 Å². The number of nitrogens with one attached hydrogen (secondary N) is 1. The number of amides is 2. The van der Waals surface area contributed by atoms with Crippen molar-refractivity contribution in [1.29, 1.82) is 0 Å². The quantitative estimate of drug-likeness (QED) is 0.331. The molecule has 0 aromatic heterocycles. The zero-order chi connectivity index (χ0) is 30.1. The molecule has 0 radical (unpaired) electrons. The third-order valence-electron chi connectivity index (χ3n) is 7.72. The number of aryl methyl sites for hydroxylation is 1. The summed E-state index contributed by atoms with van der Waals surface area (Å²) in [5.41, 5.74) is 3.20. The van der Waals surface area contributed by atoms with E-state index < -0.39 is 28.7 Å². The predicted octanol–water partition coefficient (Wildman–Crippen LogP) is 4.70. The zero-order valence-electron chi connectivity index (χ0n) is 24.8. The number of carbonyl (C=O) groups is 2. The van der Waals surface area contributed by atoms with Gasteiger partial charge in [-0.2, -0.15) is 12.7 Å². The molecular formula is C33H42N4O4S. The zero-order valence-corrected chi connectivity index (χ0v) is 25.6. The van der Waals surface area contributed by atoms with Crippen LogP contribution in [0.2, 0.25) is 0 Å². The van der Waals surface area contributed by atoms with Gasteiger partial charge < -0.3 is 10.2 Å². The maximum atomic E-state index is 14.3. The molecule has 4 rings (SSSR count). The number of para-hydroxylation sites is 1. The van der Waals surface area contributed by atoms with E-state index in [1.807, 2.05) is 61.5 Å². The summed E-state index contributed by atoms with van der Waals surface area (Å²) in [5.74, 6) is -0.668. The highest BCUT2D eigenvalue weighted by molar-refractivity contribution is 7.90. The van der Waals surface area contributed by atoms with Crippen LogP contribution in [0.4, 0.5) is 5.69 Å². The van der Waals surface area contributed by atoms with Crippen molar-refractivity contribution in [3.05, 3.63) is 102 Å². The van der Waals surface area contributed by atoms with Crippen molar-refractivity contribution in [2.75, 3.05) is 24.9 Å². The topological polar surface area (TPSA) is 90.0 Å². The molecule has 3 aromatic rings. The molecule has 1 N–H and O–H groups in total. The fourth-order valence-corrected chi connectivity index (χ4v) is 6.47. The lowest BCUT2D eigenvalue weighted by atomic mass is 9.94. The Hall–Kier alpha value is -3.69. The molecule has 1 fully saturated rings. The highest BCUT2D eigenvalue weighted by atomic mass is 32.2. The van der Waals surface area contributed by atoms with Crippen molar-refractivity contribution in [3.8, 4) is 0 Å². The molecule has 8 nitrogen and oxygen atoms in total. The molecule has 0 heterocycles. The Morgan fingerprint density at radius 3 is 2.10 bits per heavy atom. The molecular weight excluding hydrogens is 548 g/mol. The molecule has 0 bridgehead atoms. The van der Waals surface area contributed by atoms with Crippen LogP contribution in [0.25, 0.3) is 0 Å². The van der Waals surface area contributed by atoms with E-state index in [9.17, 15) is 18.0 Å². The lowest BCUT2D eigenvalue weighted by molar-refractivity contribution is -0.140. The highest BCUT2D eigenvalue weighted by Gasteiger charge is 2.35. The molecule has 0 saturated heterocycles. The minimum Gasteiger partial charge on any atom is -0.352 e. The van der Waals surface area contributed by atoms with Crippen LogP contribution < -0.4 is 9.62 Å². The average Bonchev–Trinajstić information content (AvgIpc) is 2.99. The van der Waals surface area contributed by atoms with Gasteiger partial charge in [0.2, 0.25) is 11.8 Å². The summed E-state index contributed by atoms with van der Waals surface area (Å²) < 4.78 is 29.1. The smallest absolute Gasteiger partial charge is 0.304 e. The lowest BCUT2D eigenvalue weighted by Gasteiger charge is -2.35. The standard InChI is InChI=1S/C33H42N4O4S/c1-26-14-13-17-28(22-26)24-36(32(38)25-37(42(40,41)35(2)3)30-20-11-6-12-21-30)31(23-27-15-7-4-8-16-27)33(39)34-29-18-9-5-10-19-29/h4,6-8,11-17,20-22,29,31H,5,9-10,18-19,23-25H2,1-3H3,(H,34,39). The molecule has 0 spiro atoms. The molecule has 2 amide bonds. The van der Waals surface area contributed by atoms with Crippen molar-refractivity contribution in [2.45, 2.75) is 64.1 Å². The Kier molecular flexibility index (Phi) is 10.8. The van der Waals surface area contributed by atoms with Crippen LogP contribution in [0, 0.1) is 6.92 Å². The maximum Gasteiger partial charge on any atom is 0.304 e. The van der Waals surface area contributed by atoms with E-state index >= 15 is 0 Å². The normalized spacial score (nSPS) is 14.8. The molecule has 0 aliphatic heterocycles. The molecule has 1 aliphatic rings. The Bertz CT molecular complexity index is 1420. The summed E-state index contributed by atoms with van der Waals surface area (Å²) in [7, 11) is -1.13. The Morgan fingerprint density at radius 2 is 1.48 bits per heavy atom. The van der Waals surface area contributed by atoms with Gasteiger partial charge in [-0.15, -0.1) is 0 Å². The van der Waals surface area contributed by atoms with Crippen molar-refractivity contribution in [3.63, 3.8) is 0 Å². The minimum absolute atomic E-state index is 0.0652. The average molecular weight is 591 g/mol. The van der Waals surface area contributed by atoms with Crippen LogP contribution >= 0.6 is 0 Å². The molecule has 9 heteroatoms. The van der Waals surface area contributed by atoms with Crippen LogP contribution in [0.15, 0.2) is 84.9 Å². The number of rotatable bonds is 12. The number of hydrogen-bond donors (Lipinski definition) is 1. The van der Waals surface area contributed by atoms with Crippen LogP contribution in [-0.4, -0.2) is 62.2 Å². The fourth-order valence-electron chi connectivity index (χ4n) is 5.42. The van der Waals surface area contributed by atoms with Gasteiger partial charge >= 0.3 is 10.2 Å². The Labute approximate surface area is 250 Å². The van der Waals surface area contributed by atoms with Crippen LogP contribution in [-0.2, 0) is 32.8 Å². The van der Waals surface area contributed by atoms with Gasteiger partial charge in [0.25, 0.3) is 0 Å². The second-order valence-corrected chi connectivity index (χ2v) is 13.3. The summed E-state index contributed by atoms with van der Waals surface area (Å²) in [5, 5.41) is 3.23. The summed E-state index contributed by atoms with van der Waals surface area (Å²) >= 11 is 0. The first kappa shape index (κ1) is 31.3. The van der Waals surface area contributed by atoms with Gasteiger partial charge in [-0.05, 0) is 43.0 Å². The monoisotopic (exact) mass is 590 g/mol. The minimum atomic E-state index is -4.01. The molecule has 1 atom stereocenters. The first-order valence-corrected chi connectivity index (χ1v) is 16.0. The third kappa shape index (κ3) is 8.20. The van der Waals surface area contributed by atoms with Gasteiger partial charge in [-0.3, -0.25) is 9.59 Å². The first-order chi connectivity index (χ1) is 20.1. The second-order valence-electron chi connectivity index (χ2n) is 11.2. The molecule has 224 valence electrons. The van der Waals surface area contributed by atoms with Gasteiger partial charge in [0.1, 0.15) is 12.6 Å². The summed E-state index contributed by atoms with van der Waals surface area (Å²) in [6.45, 7) is 1.70. The van der Waals surface area contributed by atoms with Crippen LogP contribution in [0.1, 0.15) is 48.8 Å². The van der Waals surface area contributed by atoms with Gasteiger partial charge in [0.05, 0.1) is 5.69 Å². The predicted molar refractivity (Wildman–Crippen MR) is 167 cm³/mol. The second kappa shape index (κ2) is 14.5. The summed E-state index contributed by atoms with van der Waals surface area (Å²) in [6.07, 6.45) is 5.43. The van der Waals surface area contributed by atoms with E-state index in [-0.39, 0.29) is 18.5 Å². The van der Waals surface area contributed by atoms with Crippen LogP contribution in [0.3, 0.4) is 0 Å². The molecule has 42 heavy (non-hydrogen) atoms. The van der Waals surface area contributed by atoms with Gasteiger partial charge in [-0.25, -0.2) is 4.31 Å². The number of carbonyl (C=O) groups excluding carboxylic acids is 2. The van der Waals surface area contributed by atoms with E-state index in [4.69, 9.17) is 0 Å². The van der Waals surface area contributed by atoms with Crippen molar-refractivity contribution in [2.24, 2.45) is 0 Å². The first-order valence-electron chi connectivity index (χ1n) is 14.6. The maximum absolute atomic E-state index is 14.3. The Morgan fingerprint density at radius 1 is 0.857 bits per heavy atom. The molecule has 1 aliphatic carbocycles. The van der Waals surface area contributed by atoms with E-state index in [0.29, 0.717) is 12.1 Å². The lowest BCUT2D eigenvalue weighted by Crippen LogP contribution is -2.55. The van der Waals surface area contributed by atoms with E-state index in [2.05, 4.69) is 5.32 Å². The van der Waals surface area contributed by atoms with Gasteiger partial charge in [-0.1, -0.05) is 97.6 Å². The number of benzene rings is 3. The van der Waals surface area contributed by atoms with Crippen molar-refractivity contribution >= 4 is 27.7 Å². The van der Waals surface area contributed by atoms with Gasteiger partial charge in [0.15, 0.2) is 0 Å². The van der Waals surface area contributed by atoms with E-state index in [1.165, 1.54) is 14.1 Å². The number of anilines is 1. The highest BCUT2D eigenvalue weighted by Crippen LogP contribution is 2.23. The third-order valence-corrected chi connectivity index (χ3v) is 9.54. The number of hydrogen-bond acceptors (Lipinski definition) is 4.